The number of carbonyl (C=O) groups is 1. The average Bonchev–Trinajstić information content (AvgIpc) is 2.41. The van der Waals surface area contributed by atoms with Gasteiger partial charge in [-0.1, -0.05) is 30.1 Å². The fraction of sp³-hybridized carbons (Fsp3) is 0.500. The summed E-state index contributed by atoms with van der Waals surface area (Å²) in [6, 6.07) is 4.07. The number of benzene rings is 1. The largest absolute Gasteiger partial charge is 0.480 e. The first-order chi connectivity index (χ1) is 9.70. The van der Waals surface area contributed by atoms with Gasteiger partial charge in [0, 0.05) is 5.02 Å². The zero-order valence-corrected chi connectivity index (χ0v) is 13.8. The van der Waals surface area contributed by atoms with Crippen LogP contribution in [0, 0.1) is 5.92 Å². The summed E-state index contributed by atoms with van der Waals surface area (Å²) in [4.78, 5) is 11.5. The first-order valence-electron chi connectivity index (χ1n) is 6.64. The van der Waals surface area contributed by atoms with Crippen molar-refractivity contribution in [3.8, 4) is 0 Å². The van der Waals surface area contributed by atoms with E-state index in [1.165, 1.54) is 18.2 Å². The van der Waals surface area contributed by atoms with Crippen molar-refractivity contribution in [1.29, 1.82) is 0 Å². The molecule has 0 bridgehead atoms. The first kappa shape index (κ1) is 16.6. The van der Waals surface area contributed by atoms with Crippen molar-refractivity contribution < 1.29 is 18.3 Å². The molecule has 4 nitrogen and oxygen atoms in total. The number of aliphatic carboxylic acids is 1. The molecule has 0 atom stereocenters. The third kappa shape index (κ3) is 2.79. The highest BCUT2D eigenvalue weighted by atomic mass is 35.5. The lowest BCUT2D eigenvalue weighted by molar-refractivity contribution is -0.141. The smallest absolute Gasteiger partial charge is 0.325 e. The van der Waals surface area contributed by atoms with Crippen LogP contribution in [0.5, 0.6) is 0 Å². The number of sulfone groups is 1. The van der Waals surface area contributed by atoms with E-state index in [1.807, 2.05) is 6.92 Å². The lowest BCUT2D eigenvalue weighted by atomic mass is 9.82. The van der Waals surface area contributed by atoms with Gasteiger partial charge in [0.25, 0.3) is 0 Å². The van der Waals surface area contributed by atoms with Crippen LogP contribution < -0.4 is 0 Å². The maximum absolute atomic E-state index is 12.9. The van der Waals surface area contributed by atoms with Crippen molar-refractivity contribution in [3.05, 3.63) is 28.2 Å². The normalized spacial score (nSPS) is 26.5. The summed E-state index contributed by atoms with van der Waals surface area (Å²) in [6.07, 6.45) is 1.30. The van der Waals surface area contributed by atoms with E-state index in [0.717, 1.165) is 0 Å². The summed E-state index contributed by atoms with van der Waals surface area (Å²) in [6.45, 7) is 1.99. The predicted octanol–water partition coefficient (Wildman–Crippen LogP) is 3.80. The van der Waals surface area contributed by atoms with Crippen LogP contribution in [0.1, 0.15) is 32.6 Å². The van der Waals surface area contributed by atoms with Crippen molar-refractivity contribution in [3.63, 3.8) is 0 Å². The molecule has 1 aromatic rings. The monoisotopic (exact) mass is 350 g/mol. The molecule has 1 aliphatic rings. The van der Waals surface area contributed by atoms with Crippen molar-refractivity contribution in [2.75, 3.05) is 0 Å². The van der Waals surface area contributed by atoms with E-state index in [2.05, 4.69) is 0 Å². The molecule has 21 heavy (non-hydrogen) atoms. The second-order valence-electron chi connectivity index (χ2n) is 5.56. The number of hydrogen-bond acceptors (Lipinski definition) is 3. The van der Waals surface area contributed by atoms with E-state index >= 15 is 0 Å². The van der Waals surface area contributed by atoms with E-state index in [0.29, 0.717) is 18.8 Å². The summed E-state index contributed by atoms with van der Waals surface area (Å²) < 4.78 is 24.0. The molecular weight excluding hydrogens is 335 g/mol. The van der Waals surface area contributed by atoms with Gasteiger partial charge in [-0.15, -0.1) is 0 Å². The Morgan fingerprint density at radius 3 is 2.38 bits per heavy atom. The molecule has 1 aliphatic carbocycles. The standard InChI is InChI=1S/C14H16Cl2O4S/c1-9-4-6-14(7-5-9,13(17)18)21(19,20)12-8-10(15)2-3-11(12)16/h2-3,8-9H,4-7H2,1H3,(H,17,18). The molecule has 0 heterocycles. The lowest BCUT2D eigenvalue weighted by Gasteiger charge is -2.35. The van der Waals surface area contributed by atoms with Gasteiger partial charge in [0.15, 0.2) is 14.6 Å². The van der Waals surface area contributed by atoms with Gasteiger partial charge < -0.3 is 5.11 Å². The summed E-state index contributed by atoms with van der Waals surface area (Å²) in [5.41, 5.74) is 0. The van der Waals surface area contributed by atoms with E-state index < -0.39 is 20.6 Å². The highest BCUT2D eigenvalue weighted by Crippen LogP contribution is 2.43. The molecule has 1 saturated carbocycles. The van der Waals surface area contributed by atoms with Crippen molar-refractivity contribution in [2.45, 2.75) is 42.2 Å². The highest BCUT2D eigenvalue weighted by Gasteiger charge is 2.53. The Morgan fingerprint density at radius 1 is 1.29 bits per heavy atom. The summed E-state index contributed by atoms with van der Waals surface area (Å²) in [7, 11) is -4.12. The van der Waals surface area contributed by atoms with Gasteiger partial charge in [0.1, 0.15) is 0 Å². The predicted molar refractivity (Wildman–Crippen MR) is 81.6 cm³/mol. The van der Waals surface area contributed by atoms with E-state index in [4.69, 9.17) is 23.2 Å². The van der Waals surface area contributed by atoms with Gasteiger partial charge in [-0.2, -0.15) is 0 Å². The summed E-state index contributed by atoms with van der Waals surface area (Å²) in [5.74, 6) is -0.993. The van der Waals surface area contributed by atoms with Crippen LogP contribution in [0.2, 0.25) is 10.0 Å². The quantitative estimate of drug-likeness (QED) is 0.899. The molecule has 0 amide bonds. The van der Waals surface area contributed by atoms with Crippen LogP contribution in [0.3, 0.4) is 0 Å². The van der Waals surface area contributed by atoms with Crippen LogP contribution in [0.25, 0.3) is 0 Å². The number of rotatable bonds is 3. The fourth-order valence-corrected chi connectivity index (χ4v) is 5.41. The molecule has 0 radical (unpaired) electrons. The summed E-state index contributed by atoms with van der Waals surface area (Å²) >= 11 is 11.8. The van der Waals surface area contributed by atoms with E-state index in [1.54, 1.807) is 0 Å². The van der Waals surface area contributed by atoms with Gasteiger partial charge in [0.2, 0.25) is 0 Å². The molecule has 116 valence electrons. The van der Waals surface area contributed by atoms with Gasteiger partial charge in [-0.3, -0.25) is 4.79 Å². The molecule has 1 N–H and O–H groups in total. The SMILES string of the molecule is CC1CCC(C(=O)O)(S(=O)(=O)c2cc(Cl)ccc2Cl)CC1. The molecule has 0 aliphatic heterocycles. The van der Waals surface area contributed by atoms with Crippen LogP contribution in [0.15, 0.2) is 23.1 Å². The van der Waals surface area contributed by atoms with Crippen molar-refractivity contribution in [1.82, 2.24) is 0 Å². The third-order valence-corrected chi connectivity index (χ3v) is 7.37. The molecule has 1 aromatic carbocycles. The van der Waals surface area contributed by atoms with Gasteiger partial charge >= 0.3 is 5.97 Å². The third-order valence-electron chi connectivity index (χ3n) is 4.17. The van der Waals surface area contributed by atoms with Crippen molar-refractivity contribution in [2.24, 2.45) is 5.92 Å². The molecule has 7 heteroatoms. The molecule has 0 unspecified atom stereocenters. The first-order valence-corrected chi connectivity index (χ1v) is 8.88. The van der Waals surface area contributed by atoms with E-state index in [-0.39, 0.29) is 27.8 Å². The minimum absolute atomic E-state index is 0.00125. The minimum Gasteiger partial charge on any atom is -0.480 e. The zero-order valence-electron chi connectivity index (χ0n) is 11.5. The van der Waals surface area contributed by atoms with E-state index in [9.17, 15) is 18.3 Å². The fourth-order valence-electron chi connectivity index (χ4n) is 2.72. The number of carboxylic acid groups (broad SMARTS) is 1. The van der Waals surface area contributed by atoms with Crippen LogP contribution in [-0.4, -0.2) is 24.2 Å². The molecule has 0 saturated heterocycles. The lowest BCUT2D eigenvalue weighted by Crippen LogP contribution is -2.49. The molecular formula is C14H16Cl2O4S. The molecule has 0 aromatic heterocycles. The number of halogens is 2. The number of carboxylic acids is 1. The summed E-state index contributed by atoms with van der Waals surface area (Å²) in [5, 5.41) is 9.79. The maximum atomic E-state index is 12.9. The van der Waals surface area contributed by atoms with Crippen LogP contribution in [0.4, 0.5) is 0 Å². The molecule has 1 fully saturated rings. The molecule has 2 rings (SSSR count). The Labute approximate surface area is 134 Å². The Hall–Kier alpha value is -0.780. The average molecular weight is 351 g/mol. The van der Waals surface area contributed by atoms with Crippen molar-refractivity contribution >= 4 is 39.0 Å². The molecule has 0 spiro atoms. The van der Waals surface area contributed by atoms with Gasteiger partial charge in [-0.25, -0.2) is 8.42 Å². The Morgan fingerprint density at radius 2 is 1.86 bits per heavy atom. The van der Waals surface area contributed by atoms with Gasteiger partial charge in [0.05, 0.1) is 9.92 Å². The minimum atomic E-state index is -4.12. The second-order valence-corrected chi connectivity index (χ2v) is 8.63. The number of hydrogen-bond donors (Lipinski definition) is 1. The zero-order chi connectivity index (χ0) is 15.8. The topological polar surface area (TPSA) is 71.4 Å². The second kappa shape index (κ2) is 5.78. The van der Waals surface area contributed by atoms with Gasteiger partial charge in [-0.05, 0) is 49.8 Å². The Bertz CT molecular complexity index is 662. The van der Waals surface area contributed by atoms with Crippen LogP contribution in [-0.2, 0) is 14.6 Å². The maximum Gasteiger partial charge on any atom is 0.325 e. The van der Waals surface area contributed by atoms with Crippen LogP contribution >= 0.6 is 23.2 Å². The Kier molecular flexibility index (Phi) is 4.57. The highest BCUT2D eigenvalue weighted by molar-refractivity contribution is 7.93. The Balaban J connectivity index is 2.59.